The van der Waals surface area contributed by atoms with E-state index in [1.165, 1.54) is 5.56 Å². The van der Waals surface area contributed by atoms with E-state index in [-0.39, 0.29) is 11.3 Å². The van der Waals surface area contributed by atoms with Gasteiger partial charge in [0.25, 0.3) is 0 Å². The van der Waals surface area contributed by atoms with Gasteiger partial charge in [0.15, 0.2) is 0 Å². The minimum Gasteiger partial charge on any atom is -0.316 e. The minimum atomic E-state index is -0.149. The van der Waals surface area contributed by atoms with Crippen molar-refractivity contribution in [3.8, 4) is 0 Å². The highest BCUT2D eigenvalue weighted by Crippen LogP contribution is 2.41. The second-order valence-electron chi connectivity index (χ2n) is 6.67. The molecule has 2 atom stereocenters. The predicted molar refractivity (Wildman–Crippen MR) is 84.4 cm³/mol. The molecule has 0 aromatic carbocycles. The summed E-state index contributed by atoms with van der Waals surface area (Å²) in [4.78, 5) is 17.9. The van der Waals surface area contributed by atoms with Gasteiger partial charge in [-0.25, -0.2) is 0 Å². The van der Waals surface area contributed by atoms with Crippen LogP contribution in [0.1, 0.15) is 62.6 Å². The Bertz CT molecular complexity index is 500. The largest absolute Gasteiger partial charge is 0.316 e. The van der Waals surface area contributed by atoms with Crippen molar-refractivity contribution < 1.29 is 4.79 Å². The Morgan fingerprint density at radius 3 is 3.14 bits per heavy atom. The smallest absolute Gasteiger partial charge is 0.149 e. The summed E-state index contributed by atoms with van der Waals surface area (Å²) < 4.78 is 0. The monoisotopic (exact) mass is 286 g/mol. The van der Waals surface area contributed by atoms with Gasteiger partial charge in [0.1, 0.15) is 5.78 Å². The van der Waals surface area contributed by atoms with Crippen molar-refractivity contribution in [2.75, 3.05) is 13.1 Å². The number of nitrogens with one attached hydrogen (secondary N) is 1. The third-order valence-corrected chi connectivity index (χ3v) is 5.24. The molecule has 1 fully saturated rings. The van der Waals surface area contributed by atoms with E-state index in [0.29, 0.717) is 5.78 Å². The third kappa shape index (κ3) is 2.76. The topological polar surface area (TPSA) is 42.0 Å². The minimum absolute atomic E-state index is 0.0291. The van der Waals surface area contributed by atoms with E-state index >= 15 is 0 Å². The van der Waals surface area contributed by atoms with Crippen molar-refractivity contribution in [3.05, 3.63) is 29.6 Å². The average Bonchev–Trinajstić information content (AvgIpc) is 2.55. The molecule has 0 spiro atoms. The zero-order valence-corrected chi connectivity index (χ0v) is 13.0. The van der Waals surface area contributed by atoms with Crippen LogP contribution >= 0.6 is 0 Å². The van der Waals surface area contributed by atoms with E-state index in [2.05, 4.69) is 23.3 Å². The molecular formula is C18H26N2O. The molecule has 0 bridgehead atoms. The van der Waals surface area contributed by atoms with Crippen molar-refractivity contribution in [2.45, 2.75) is 57.8 Å². The summed E-state index contributed by atoms with van der Waals surface area (Å²) in [5, 5.41) is 3.46. The highest BCUT2D eigenvalue weighted by Gasteiger charge is 2.43. The maximum Gasteiger partial charge on any atom is 0.149 e. The number of rotatable bonds is 4. The number of nitrogens with zero attached hydrogens (tertiary/aromatic N) is 1. The van der Waals surface area contributed by atoms with Crippen LogP contribution in [0.2, 0.25) is 0 Å². The number of Topliss-reactive ketones (excluding diaryl/α,β-unsaturated/α-hetero) is 1. The number of hydrogen-bond donors (Lipinski definition) is 1. The fraction of sp³-hybridized carbons (Fsp3) is 0.667. The molecule has 1 aromatic rings. The van der Waals surface area contributed by atoms with Crippen LogP contribution in [0.3, 0.4) is 0 Å². The van der Waals surface area contributed by atoms with Crippen LogP contribution in [0.25, 0.3) is 0 Å². The molecule has 3 nitrogen and oxygen atoms in total. The van der Waals surface area contributed by atoms with Crippen LogP contribution < -0.4 is 5.32 Å². The van der Waals surface area contributed by atoms with Gasteiger partial charge in [-0.15, -0.1) is 0 Å². The summed E-state index contributed by atoms with van der Waals surface area (Å²) in [5.41, 5.74) is 2.20. The summed E-state index contributed by atoms with van der Waals surface area (Å²) in [5.74, 6) is 0.484. The van der Waals surface area contributed by atoms with Gasteiger partial charge < -0.3 is 5.32 Å². The van der Waals surface area contributed by atoms with Crippen molar-refractivity contribution >= 4 is 5.78 Å². The molecule has 1 aromatic heterocycles. The molecule has 21 heavy (non-hydrogen) atoms. The molecule has 1 saturated heterocycles. The van der Waals surface area contributed by atoms with Gasteiger partial charge in [-0.3, -0.25) is 9.78 Å². The first-order valence-corrected chi connectivity index (χ1v) is 8.46. The van der Waals surface area contributed by atoms with Crippen LogP contribution in [0.15, 0.2) is 18.3 Å². The average molecular weight is 286 g/mol. The van der Waals surface area contributed by atoms with Crippen LogP contribution in [0, 0.1) is 5.41 Å². The van der Waals surface area contributed by atoms with Gasteiger partial charge in [0.05, 0.1) is 11.6 Å². The van der Waals surface area contributed by atoms with Crippen LogP contribution in [0.5, 0.6) is 0 Å². The fourth-order valence-electron chi connectivity index (χ4n) is 4.23. The van der Waals surface area contributed by atoms with Gasteiger partial charge >= 0.3 is 0 Å². The lowest BCUT2D eigenvalue weighted by molar-refractivity contribution is -0.132. The first-order chi connectivity index (χ1) is 10.3. The number of fused-ring (bicyclic) bond motifs is 1. The Balaban J connectivity index is 1.90. The number of carbonyl (C=O) groups is 1. The molecule has 0 amide bonds. The Morgan fingerprint density at radius 2 is 2.38 bits per heavy atom. The molecule has 1 aliphatic heterocycles. The van der Waals surface area contributed by atoms with Gasteiger partial charge in [-0.1, -0.05) is 19.4 Å². The van der Waals surface area contributed by atoms with E-state index in [0.717, 1.165) is 63.7 Å². The number of aromatic nitrogens is 1. The number of piperidine rings is 1. The summed E-state index contributed by atoms with van der Waals surface area (Å²) >= 11 is 0. The standard InChI is InChI=1S/C18H26N2O/c1-2-9-18(10-5-11-19-13-18)17(21)15-8-3-6-14-7-4-12-20-16(14)15/h4,7,12,15,19H,2-3,5-6,8-11,13H2,1H3. The SMILES string of the molecule is CCCC1(C(=O)C2CCCc3cccnc32)CCCNC1. The quantitative estimate of drug-likeness (QED) is 0.924. The lowest BCUT2D eigenvalue weighted by Crippen LogP contribution is -2.47. The van der Waals surface area contributed by atoms with E-state index in [1.54, 1.807) is 0 Å². The number of ketones is 1. The molecule has 3 rings (SSSR count). The third-order valence-electron chi connectivity index (χ3n) is 5.24. The van der Waals surface area contributed by atoms with Crippen LogP contribution in [-0.2, 0) is 11.2 Å². The number of carbonyl (C=O) groups excluding carboxylic acids is 1. The molecule has 2 aliphatic rings. The normalized spacial score (nSPS) is 28.9. The van der Waals surface area contributed by atoms with Crippen molar-refractivity contribution in [3.63, 3.8) is 0 Å². The van der Waals surface area contributed by atoms with Gasteiger partial charge in [-0.2, -0.15) is 0 Å². The Labute approximate surface area is 127 Å². The van der Waals surface area contributed by atoms with E-state index in [1.807, 2.05) is 12.3 Å². The lowest BCUT2D eigenvalue weighted by Gasteiger charge is -2.39. The predicted octanol–water partition coefficient (Wildman–Crippen LogP) is 3.24. The summed E-state index contributed by atoms with van der Waals surface area (Å²) in [6, 6.07) is 4.14. The Morgan fingerprint density at radius 1 is 1.48 bits per heavy atom. The molecule has 1 aliphatic carbocycles. The maximum atomic E-state index is 13.3. The zero-order chi connectivity index (χ0) is 14.7. The first kappa shape index (κ1) is 14.7. The van der Waals surface area contributed by atoms with E-state index < -0.39 is 0 Å². The lowest BCUT2D eigenvalue weighted by atomic mass is 9.67. The maximum absolute atomic E-state index is 13.3. The zero-order valence-electron chi connectivity index (χ0n) is 13.0. The summed E-state index contributed by atoms with van der Waals surface area (Å²) in [7, 11) is 0. The molecule has 2 heterocycles. The van der Waals surface area contributed by atoms with Crippen LogP contribution in [-0.4, -0.2) is 23.9 Å². The van der Waals surface area contributed by atoms with Crippen molar-refractivity contribution in [1.29, 1.82) is 0 Å². The molecule has 114 valence electrons. The Hall–Kier alpha value is -1.22. The highest BCUT2D eigenvalue weighted by atomic mass is 16.1. The second-order valence-corrected chi connectivity index (χ2v) is 6.67. The number of pyridine rings is 1. The molecule has 0 radical (unpaired) electrons. The van der Waals surface area contributed by atoms with Crippen LogP contribution in [0.4, 0.5) is 0 Å². The molecular weight excluding hydrogens is 260 g/mol. The molecule has 1 N–H and O–H groups in total. The van der Waals surface area contributed by atoms with Gasteiger partial charge in [-0.05, 0) is 56.7 Å². The van der Waals surface area contributed by atoms with Gasteiger partial charge in [0, 0.05) is 18.2 Å². The van der Waals surface area contributed by atoms with Gasteiger partial charge in [0.2, 0.25) is 0 Å². The summed E-state index contributed by atoms with van der Waals surface area (Å²) in [6.45, 7) is 4.10. The number of aryl methyl sites for hydroxylation is 1. The fourth-order valence-corrected chi connectivity index (χ4v) is 4.23. The molecule has 2 unspecified atom stereocenters. The van der Waals surface area contributed by atoms with E-state index in [9.17, 15) is 4.79 Å². The second kappa shape index (κ2) is 6.27. The molecule has 3 heteroatoms. The highest BCUT2D eigenvalue weighted by molar-refractivity contribution is 5.91. The van der Waals surface area contributed by atoms with E-state index in [4.69, 9.17) is 0 Å². The first-order valence-electron chi connectivity index (χ1n) is 8.46. The number of hydrogen-bond acceptors (Lipinski definition) is 3. The Kier molecular flexibility index (Phi) is 4.39. The van der Waals surface area contributed by atoms with Crippen molar-refractivity contribution in [1.82, 2.24) is 10.3 Å². The summed E-state index contributed by atoms with van der Waals surface area (Å²) in [6.07, 6.45) is 9.27. The molecule has 0 saturated carbocycles. The van der Waals surface area contributed by atoms with Crippen molar-refractivity contribution in [2.24, 2.45) is 5.41 Å².